The van der Waals surface area contributed by atoms with Crippen molar-refractivity contribution in [3.8, 4) is 11.1 Å². The number of halogens is 1. The lowest BCUT2D eigenvalue weighted by atomic mass is 10.1. The first-order valence-corrected chi connectivity index (χ1v) is 8.86. The molecule has 0 fully saturated rings. The smallest absolute Gasteiger partial charge is 0.240 e. The summed E-state index contributed by atoms with van der Waals surface area (Å²) in [5.74, 6) is -0.297. The Morgan fingerprint density at radius 2 is 1.87 bits per heavy atom. The van der Waals surface area contributed by atoms with Gasteiger partial charge in [-0.2, -0.15) is 0 Å². The van der Waals surface area contributed by atoms with E-state index in [0.717, 1.165) is 22.9 Å². The average Bonchev–Trinajstić information content (AvgIpc) is 2.96. The van der Waals surface area contributed by atoms with Gasteiger partial charge in [-0.05, 0) is 42.3 Å². The molecule has 0 aliphatic carbocycles. The van der Waals surface area contributed by atoms with Gasteiger partial charge in [0, 0.05) is 29.2 Å². The molecule has 0 radical (unpaired) electrons. The summed E-state index contributed by atoms with van der Waals surface area (Å²) in [6, 6.07) is 11.2. The number of aromatic amines is 1. The molecule has 0 atom stereocenters. The molecule has 1 aromatic heterocycles. The maximum Gasteiger partial charge on any atom is 0.240 e. The van der Waals surface area contributed by atoms with Gasteiger partial charge in [0.25, 0.3) is 0 Å². The molecule has 0 bridgehead atoms. The zero-order chi connectivity index (χ0) is 16.4. The van der Waals surface area contributed by atoms with Crippen molar-refractivity contribution in [3.05, 3.63) is 54.5 Å². The number of H-pyrrole nitrogens is 1. The molecule has 0 aliphatic rings. The van der Waals surface area contributed by atoms with Gasteiger partial charge < -0.3 is 4.98 Å². The van der Waals surface area contributed by atoms with Gasteiger partial charge in [0.05, 0.1) is 4.90 Å². The predicted molar refractivity (Wildman–Crippen MR) is 89.2 cm³/mol. The van der Waals surface area contributed by atoms with Crippen LogP contribution < -0.4 is 4.72 Å². The normalized spacial score (nSPS) is 11.9. The minimum absolute atomic E-state index is 0.237. The van der Waals surface area contributed by atoms with Crippen LogP contribution in [-0.4, -0.2) is 19.9 Å². The SMILES string of the molecule is CCCNS(=O)(=O)c1ccc(-c2c[nH]c3cc(F)ccc23)cc1. The molecular formula is C17H17FN2O2S. The molecule has 2 aromatic carbocycles. The summed E-state index contributed by atoms with van der Waals surface area (Å²) in [7, 11) is -3.46. The summed E-state index contributed by atoms with van der Waals surface area (Å²) in [6.07, 6.45) is 2.53. The quantitative estimate of drug-likeness (QED) is 0.749. The molecule has 3 aromatic rings. The third kappa shape index (κ3) is 3.13. The fraction of sp³-hybridized carbons (Fsp3) is 0.176. The fourth-order valence-electron chi connectivity index (χ4n) is 2.47. The van der Waals surface area contributed by atoms with Gasteiger partial charge in [-0.3, -0.25) is 0 Å². The molecule has 120 valence electrons. The van der Waals surface area contributed by atoms with Crippen LogP contribution in [0, 0.1) is 5.82 Å². The molecule has 0 unspecified atom stereocenters. The van der Waals surface area contributed by atoms with E-state index in [1.807, 2.05) is 6.92 Å². The fourth-order valence-corrected chi connectivity index (χ4v) is 3.60. The summed E-state index contributed by atoms with van der Waals surface area (Å²) >= 11 is 0. The first-order valence-electron chi connectivity index (χ1n) is 7.38. The van der Waals surface area contributed by atoms with E-state index in [0.29, 0.717) is 12.1 Å². The Labute approximate surface area is 134 Å². The highest BCUT2D eigenvalue weighted by molar-refractivity contribution is 7.89. The highest BCUT2D eigenvalue weighted by Gasteiger charge is 2.13. The zero-order valence-corrected chi connectivity index (χ0v) is 13.5. The highest BCUT2D eigenvalue weighted by Crippen LogP contribution is 2.29. The van der Waals surface area contributed by atoms with E-state index < -0.39 is 10.0 Å². The van der Waals surface area contributed by atoms with Gasteiger partial charge in [-0.1, -0.05) is 19.1 Å². The molecule has 1 heterocycles. The Bertz CT molecular complexity index is 931. The van der Waals surface area contributed by atoms with Crippen molar-refractivity contribution in [2.24, 2.45) is 0 Å². The maximum absolute atomic E-state index is 13.2. The lowest BCUT2D eigenvalue weighted by Gasteiger charge is -2.06. The van der Waals surface area contributed by atoms with Crippen molar-refractivity contribution in [2.75, 3.05) is 6.54 Å². The zero-order valence-electron chi connectivity index (χ0n) is 12.6. The monoisotopic (exact) mass is 332 g/mol. The van der Waals surface area contributed by atoms with E-state index in [1.54, 1.807) is 36.5 Å². The third-order valence-corrected chi connectivity index (χ3v) is 5.14. The molecule has 6 heteroatoms. The number of rotatable bonds is 5. The molecule has 2 N–H and O–H groups in total. The van der Waals surface area contributed by atoms with Crippen molar-refractivity contribution >= 4 is 20.9 Å². The van der Waals surface area contributed by atoms with Gasteiger partial charge in [0.1, 0.15) is 5.82 Å². The second-order valence-corrected chi connectivity index (χ2v) is 7.08. The van der Waals surface area contributed by atoms with Crippen LogP contribution in [0.25, 0.3) is 22.0 Å². The summed E-state index contributed by atoms with van der Waals surface area (Å²) in [5.41, 5.74) is 2.49. The molecule has 4 nitrogen and oxygen atoms in total. The first kappa shape index (κ1) is 15.7. The second-order valence-electron chi connectivity index (χ2n) is 5.31. The third-order valence-electron chi connectivity index (χ3n) is 3.66. The van der Waals surface area contributed by atoms with Gasteiger partial charge in [-0.25, -0.2) is 17.5 Å². The van der Waals surface area contributed by atoms with E-state index in [1.165, 1.54) is 12.1 Å². The molecule has 23 heavy (non-hydrogen) atoms. The van der Waals surface area contributed by atoms with Gasteiger partial charge in [-0.15, -0.1) is 0 Å². The predicted octanol–water partition coefficient (Wildman–Crippen LogP) is 3.66. The minimum Gasteiger partial charge on any atom is -0.360 e. The van der Waals surface area contributed by atoms with Crippen LogP contribution in [0.1, 0.15) is 13.3 Å². The molecule has 0 saturated heterocycles. The van der Waals surface area contributed by atoms with E-state index in [9.17, 15) is 12.8 Å². The standard InChI is InChI=1S/C17H17FN2O2S/c1-2-9-20-23(21,22)14-6-3-12(4-7-14)16-11-19-17-10-13(18)5-8-15(16)17/h3-8,10-11,19-20H,2,9H2,1H3. The van der Waals surface area contributed by atoms with E-state index in [-0.39, 0.29) is 10.7 Å². The highest BCUT2D eigenvalue weighted by atomic mass is 32.2. The van der Waals surface area contributed by atoms with Crippen LogP contribution >= 0.6 is 0 Å². The van der Waals surface area contributed by atoms with Crippen LogP contribution in [0.5, 0.6) is 0 Å². The van der Waals surface area contributed by atoms with E-state index >= 15 is 0 Å². The first-order chi connectivity index (χ1) is 11.0. The van der Waals surface area contributed by atoms with Crippen LogP contribution in [0.3, 0.4) is 0 Å². The Kier molecular flexibility index (Phi) is 4.19. The van der Waals surface area contributed by atoms with Gasteiger partial charge >= 0.3 is 0 Å². The number of benzene rings is 2. The molecule has 0 aliphatic heterocycles. The summed E-state index contributed by atoms with van der Waals surface area (Å²) in [5, 5.41) is 0.895. The number of nitrogens with one attached hydrogen (secondary N) is 2. The number of hydrogen-bond donors (Lipinski definition) is 2. The minimum atomic E-state index is -3.46. The Hall–Kier alpha value is -2.18. The van der Waals surface area contributed by atoms with Gasteiger partial charge in [0.15, 0.2) is 0 Å². The summed E-state index contributed by atoms with van der Waals surface area (Å²) in [4.78, 5) is 3.27. The Balaban J connectivity index is 1.95. The lowest BCUT2D eigenvalue weighted by Crippen LogP contribution is -2.24. The van der Waals surface area contributed by atoms with Crippen LogP contribution in [0.2, 0.25) is 0 Å². The number of fused-ring (bicyclic) bond motifs is 1. The van der Waals surface area contributed by atoms with Crippen molar-refractivity contribution in [3.63, 3.8) is 0 Å². The topological polar surface area (TPSA) is 62.0 Å². The molecule has 0 spiro atoms. The molecule has 0 saturated carbocycles. The maximum atomic E-state index is 13.2. The Morgan fingerprint density at radius 1 is 1.13 bits per heavy atom. The number of hydrogen-bond acceptors (Lipinski definition) is 2. The van der Waals surface area contributed by atoms with E-state index in [2.05, 4.69) is 9.71 Å². The lowest BCUT2D eigenvalue weighted by molar-refractivity contribution is 0.581. The van der Waals surface area contributed by atoms with Gasteiger partial charge in [0.2, 0.25) is 10.0 Å². The van der Waals surface area contributed by atoms with Crippen molar-refractivity contribution in [1.29, 1.82) is 0 Å². The average molecular weight is 332 g/mol. The van der Waals surface area contributed by atoms with Crippen molar-refractivity contribution in [1.82, 2.24) is 9.71 Å². The number of sulfonamides is 1. The summed E-state index contributed by atoms with van der Waals surface area (Å²) < 4.78 is 39.9. The molecule has 3 rings (SSSR count). The molecule has 0 amide bonds. The summed E-state index contributed by atoms with van der Waals surface area (Å²) in [6.45, 7) is 2.32. The van der Waals surface area contributed by atoms with Crippen LogP contribution in [0.4, 0.5) is 4.39 Å². The van der Waals surface area contributed by atoms with Crippen LogP contribution in [0.15, 0.2) is 53.6 Å². The largest absolute Gasteiger partial charge is 0.360 e. The molecular weight excluding hydrogens is 315 g/mol. The number of aromatic nitrogens is 1. The van der Waals surface area contributed by atoms with Crippen LogP contribution in [-0.2, 0) is 10.0 Å². The van der Waals surface area contributed by atoms with Crippen molar-refractivity contribution < 1.29 is 12.8 Å². The van der Waals surface area contributed by atoms with Crippen molar-refractivity contribution in [2.45, 2.75) is 18.2 Å². The van der Waals surface area contributed by atoms with E-state index in [4.69, 9.17) is 0 Å². The second kappa shape index (κ2) is 6.14. The Morgan fingerprint density at radius 3 is 2.57 bits per heavy atom.